The lowest BCUT2D eigenvalue weighted by Gasteiger charge is -1.95. The number of aromatic amines is 1. The van der Waals surface area contributed by atoms with Gasteiger partial charge in [-0.3, -0.25) is 0 Å². The van der Waals surface area contributed by atoms with E-state index < -0.39 is 0 Å². The molecule has 0 saturated carbocycles. The quantitative estimate of drug-likeness (QED) is 0.737. The molecular weight excluding hydrogens is 160 g/mol. The topological polar surface area (TPSA) is 20.7 Å². The fraction of sp³-hybridized carbons (Fsp3) is 0.273. The molecule has 0 aliphatic carbocycles. The maximum absolute atomic E-state index is 3.20. The summed E-state index contributed by atoms with van der Waals surface area (Å²) in [6, 6.07) is 6.32. The van der Waals surface area contributed by atoms with E-state index in [1.165, 1.54) is 11.3 Å². The number of hydrogen-bond acceptors (Lipinski definition) is 0. The first kappa shape index (κ1) is 8.17. The molecule has 0 amide bonds. The van der Waals surface area contributed by atoms with Crippen LogP contribution in [0.4, 0.5) is 0 Å². The predicted molar refractivity (Wildman–Crippen MR) is 53.7 cm³/mol. The summed E-state index contributed by atoms with van der Waals surface area (Å²) in [5.41, 5.74) is 2.64. The Morgan fingerprint density at radius 2 is 2.31 bits per heavy atom. The molecule has 0 fully saturated rings. The van der Waals surface area contributed by atoms with Crippen molar-refractivity contribution in [1.29, 1.82) is 0 Å². The molecule has 0 aliphatic heterocycles. The van der Waals surface area contributed by atoms with Crippen molar-refractivity contribution in [3.05, 3.63) is 48.0 Å². The van der Waals surface area contributed by atoms with E-state index in [2.05, 4.69) is 41.0 Å². The summed E-state index contributed by atoms with van der Waals surface area (Å²) >= 11 is 0. The zero-order chi connectivity index (χ0) is 9.10. The van der Waals surface area contributed by atoms with Gasteiger partial charge in [0, 0.05) is 37.3 Å². The average molecular weight is 174 g/mol. The second-order valence-corrected chi connectivity index (χ2v) is 3.22. The molecule has 0 spiro atoms. The monoisotopic (exact) mass is 174 g/mol. The number of aryl methyl sites for hydroxylation is 1. The molecule has 2 aromatic heterocycles. The van der Waals surface area contributed by atoms with Crippen LogP contribution in [0.5, 0.6) is 0 Å². The fourth-order valence-electron chi connectivity index (χ4n) is 1.49. The summed E-state index contributed by atoms with van der Waals surface area (Å²) < 4.78 is 2.19. The van der Waals surface area contributed by atoms with E-state index in [1.807, 2.05) is 12.3 Å². The summed E-state index contributed by atoms with van der Waals surface area (Å²) in [4.78, 5) is 3.20. The summed E-state index contributed by atoms with van der Waals surface area (Å²) in [7, 11) is 0. The molecule has 2 rings (SSSR count). The van der Waals surface area contributed by atoms with Gasteiger partial charge < -0.3 is 9.55 Å². The van der Waals surface area contributed by atoms with E-state index in [9.17, 15) is 0 Å². The van der Waals surface area contributed by atoms with Crippen LogP contribution in [0.1, 0.15) is 18.2 Å². The Bertz CT molecular complexity index is 357. The molecule has 0 atom stereocenters. The van der Waals surface area contributed by atoms with Crippen molar-refractivity contribution in [3.8, 4) is 0 Å². The van der Waals surface area contributed by atoms with Crippen molar-refractivity contribution in [2.75, 3.05) is 0 Å². The molecule has 2 heterocycles. The molecule has 2 nitrogen and oxygen atoms in total. The number of nitrogens with one attached hydrogen (secondary N) is 1. The van der Waals surface area contributed by atoms with Crippen molar-refractivity contribution in [2.24, 2.45) is 0 Å². The molecule has 1 N–H and O–H groups in total. The van der Waals surface area contributed by atoms with Crippen LogP contribution in [0.25, 0.3) is 0 Å². The summed E-state index contributed by atoms with van der Waals surface area (Å²) in [6.45, 7) is 3.20. The second-order valence-electron chi connectivity index (χ2n) is 3.22. The Hall–Kier alpha value is -1.44. The van der Waals surface area contributed by atoms with E-state index in [0.29, 0.717) is 0 Å². The van der Waals surface area contributed by atoms with Crippen molar-refractivity contribution in [3.63, 3.8) is 0 Å². The highest BCUT2D eigenvalue weighted by Crippen LogP contribution is 2.07. The van der Waals surface area contributed by atoms with Gasteiger partial charge in [0.2, 0.25) is 0 Å². The highest BCUT2D eigenvalue weighted by atomic mass is 14.9. The van der Waals surface area contributed by atoms with Crippen LogP contribution < -0.4 is 0 Å². The lowest BCUT2D eigenvalue weighted by atomic mass is 10.2. The summed E-state index contributed by atoms with van der Waals surface area (Å²) in [5, 5.41) is 0. The Balaban J connectivity index is 2.10. The van der Waals surface area contributed by atoms with Gasteiger partial charge >= 0.3 is 0 Å². The molecule has 0 aliphatic rings. The summed E-state index contributed by atoms with van der Waals surface area (Å²) in [6.07, 6.45) is 7.28. The van der Waals surface area contributed by atoms with E-state index in [0.717, 1.165) is 13.0 Å². The Kier molecular flexibility index (Phi) is 2.21. The summed E-state index contributed by atoms with van der Waals surface area (Å²) in [5.74, 6) is 0. The highest BCUT2D eigenvalue weighted by molar-refractivity contribution is 5.19. The van der Waals surface area contributed by atoms with Crippen molar-refractivity contribution in [1.82, 2.24) is 9.55 Å². The van der Waals surface area contributed by atoms with Crippen LogP contribution in [0.2, 0.25) is 0 Å². The minimum atomic E-state index is 1.00. The third kappa shape index (κ3) is 1.83. The molecule has 13 heavy (non-hydrogen) atoms. The average Bonchev–Trinajstić information content (AvgIpc) is 2.76. The van der Waals surface area contributed by atoms with Crippen LogP contribution >= 0.6 is 0 Å². The van der Waals surface area contributed by atoms with Crippen LogP contribution in [-0.4, -0.2) is 9.55 Å². The van der Waals surface area contributed by atoms with Gasteiger partial charge in [0.1, 0.15) is 0 Å². The molecule has 0 saturated heterocycles. The second kappa shape index (κ2) is 3.52. The molecule has 0 aromatic carbocycles. The molecule has 2 aromatic rings. The van der Waals surface area contributed by atoms with Gasteiger partial charge in [-0.25, -0.2) is 0 Å². The van der Waals surface area contributed by atoms with Gasteiger partial charge in [-0.05, 0) is 30.7 Å². The first-order valence-electron chi connectivity index (χ1n) is 4.65. The number of aromatic nitrogens is 2. The maximum atomic E-state index is 3.20. The maximum Gasteiger partial charge on any atom is 0.0192 e. The number of H-pyrrole nitrogens is 1. The Morgan fingerprint density at radius 3 is 2.92 bits per heavy atom. The lowest BCUT2D eigenvalue weighted by Crippen LogP contribution is -1.89. The fourth-order valence-corrected chi connectivity index (χ4v) is 1.49. The van der Waals surface area contributed by atoms with E-state index in [1.54, 1.807) is 0 Å². The van der Waals surface area contributed by atoms with Crippen LogP contribution in [0, 0.1) is 0 Å². The third-order valence-corrected chi connectivity index (χ3v) is 2.23. The lowest BCUT2D eigenvalue weighted by molar-refractivity contribution is 0.766. The van der Waals surface area contributed by atoms with E-state index in [4.69, 9.17) is 0 Å². The van der Waals surface area contributed by atoms with Crippen molar-refractivity contribution >= 4 is 0 Å². The Morgan fingerprint density at radius 1 is 1.38 bits per heavy atom. The minimum Gasteiger partial charge on any atom is -0.365 e. The van der Waals surface area contributed by atoms with Crippen LogP contribution in [0.15, 0.2) is 36.8 Å². The van der Waals surface area contributed by atoms with Crippen LogP contribution in [-0.2, 0) is 13.0 Å². The SMILES string of the molecule is CCn1ccc(Cc2ccc[nH]2)c1. The van der Waals surface area contributed by atoms with Crippen molar-refractivity contribution in [2.45, 2.75) is 19.9 Å². The molecule has 2 heteroatoms. The van der Waals surface area contributed by atoms with Crippen LogP contribution in [0.3, 0.4) is 0 Å². The molecular formula is C11H14N2. The van der Waals surface area contributed by atoms with Gasteiger partial charge in [0.15, 0.2) is 0 Å². The first-order valence-corrected chi connectivity index (χ1v) is 4.65. The highest BCUT2D eigenvalue weighted by Gasteiger charge is 1.97. The third-order valence-electron chi connectivity index (χ3n) is 2.23. The number of rotatable bonds is 3. The van der Waals surface area contributed by atoms with E-state index in [-0.39, 0.29) is 0 Å². The largest absolute Gasteiger partial charge is 0.365 e. The Labute approximate surface area is 78.2 Å². The van der Waals surface area contributed by atoms with Crippen molar-refractivity contribution < 1.29 is 0 Å². The minimum absolute atomic E-state index is 1.00. The van der Waals surface area contributed by atoms with Gasteiger partial charge in [-0.15, -0.1) is 0 Å². The number of hydrogen-bond donors (Lipinski definition) is 1. The molecule has 68 valence electrons. The van der Waals surface area contributed by atoms with Gasteiger partial charge in [-0.1, -0.05) is 0 Å². The zero-order valence-corrected chi connectivity index (χ0v) is 7.83. The standard InChI is InChI=1S/C11H14N2/c1-2-13-7-5-10(9-13)8-11-4-3-6-12-11/h3-7,9,12H,2,8H2,1H3. The first-order chi connectivity index (χ1) is 6.38. The van der Waals surface area contributed by atoms with Gasteiger partial charge in [0.05, 0.1) is 0 Å². The normalized spacial score (nSPS) is 10.5. The molecule has 0 bridgehead atoms. The van der Waals surface area contributed by atoms with Gasteiger partial charge in [-0.2, -0.15) is 0 Å². The van der Waals surface area contributed by atoms with Gasteiger partial charge in [0.25, 0.3) is 0 Å². The smallest absolute Gasteiger partial charge is 0.0192 e. The molecule has 0 unspecified atom stereocenters. The van der Waals surface area contributed by atoms with E-state index >= 15 is 0 Å². The molecule has 0 radical (unpaired) electrons. The number of nitrogens with zero attached hydrogens (tertiary/aromatic N) is 1. The zero-order valence-electron chi connectivity index (χ0n) is 7.83. The predicted octanol–water partition coefficient (Wildman–Crippen LogP) is 2.43.